The molecule has 3 rings (SSSR count). The van der Waals surface area contributed by atoms with Gasteiger partial charge in [0.05, 0.1) is 28.7 Å². The van der Waals surface area contributed by atoms with Crippen molar-refractivity contribution in [2.45, 2.75) is 33.2 Å². The van der Waals surface area contributed by atoms with Gasteiger partial charge in [0, 0.05) is 0 Å². The van der Waals surface area contributed by atoms with E-state index in [1.807, 2.05) is 79.2 Å². The van der Waals surface area contributed by atoms with Crippen molar-refractivity contribution in [3.8, 4) is 5.69 Å². The normalized spacial score (nSPS) is 12.0. The SMILES string of the molecule is CCC(NC(=O)c1c(C)nn(-c2ccccc2)c1C)c1ccccc1. The van der Waals surface area contributed by atoms with E-state index in [9.17, 15) is 4.79 Å². The fraction of sp³-hybridized carbons (Fsp3) is 0.238. The molecule has 1 N–H and O–H groups in total. The Labute approximate surface area is 148 Å². The van der Waals surface area contributed by atoms with Gasteiger partial charge in [0.2, 0.25) is 0 Å². The summed E-state index contributed by atoms with van der Waals surface area (Å²) in [5.41, 5.74) is 4.31. The van der Waals surface area contributed by atoms with Crippen LogP contribution >= 0.6 is 0 Å². The first kappa shape index (κ1) is 17.0. The lowest BCUT2D eigenvalue weighted by atomic mass is 10.0. The van der Waals surface area contributed by atoms with Gasteiger partial charge in [0.15, 0.2) is 0 Å². The molecule has 4 nitrogen and oxygen atoms in total. The molecule has 1 heterocycles. The van der Waals surface area contributed by atoms with E-state index in [4.69, 9.17) is 0 Å². The number of rotatable bonds is 5. The molecule has 0 spiro atoms. The van der Waals surface area contributed by atoms with Gasteiger partial charge >= 0.3 is 0 Å². The molecule has 0 fully saturated rings. The van der Waals surface area contributed by atoms with Gasteiger partial charge in [-0.25, -0.2) is 4.68 Å². The molecule has 0 saturated carbocycles. The molecule has 0 radical (unpaired) electrons. The molecular weight excluding hydrogens is 310 g/mol. The highest BCUT2D eigenvalue weighted by atomic mass is 16.1. The zero-order valence-corrected chi connectivity index (χ0v) is 14.9. The van der Waals surface area contributed by atoms with Gasteiger partial charge in [0.1, 0.15) is 0 Å². The van der Waals surface area contributed by atoms with Crippen LogP contribution in [0, 0.1) is 13.8 Å². The number of hydrogen-bond donors (Lipinski definition) is 1. The van der Waals surface area contributed by atoms with Gasteiger partial charge in [-0.05, 0) is 38.0 Å². The highest BCUT2D eigenvalue weighted by molar-refractivity contribution is 5.96. The average Bonchev–Trinajstić information content (AvgIpc) is 2.95. The Balaban J connectivity index is 1.89. The minimum absolute atomic E-state index is 0.00687. The van der Waals surface area contributed by atoms with Crippen LogP contribution in [0.2, 0.25) is 0 Å². The summed E-state index contributed by atoms with van der Waals surface area (Å²) >= 11 is 0. The second kappa shape index (κ2) is 7.34. The lowest BCUT2D eigenvalue weighted by molar-refractivity contribution is 0.0934. The average molecular weight is 333 g/mol. The number of para-hydroxylation sites is 1. The van der Waals surface area contributed by atoms with Crippen molar-refractivity contribution in [1.82, 2.24) is 15.1 Å². The minimum Gasteiger partial charge on any atom is -0.345 e. The molecule has 0 bridgehead atoms. The lowest BCUT2D eigenvalue weighted by Gasteiger charge is -2.17. The first-order chi connectivity index (χ1) is 12.1. The summed E-state index contributed by atoms with van der Waals surface area (Å²) in [5, 5.41) is 7.72. The zero-order chi connectivity index (χ0) is 17.8. The summed E-state index contributed by atoms with van der Waals surface area (Å²) in [6.07, 6.45) is 0.834. The quantitative estimate of drug-likeness (QED) is 0.753. The Morgan fingerprint density at radius 3 is 2.24 bits per heavy atom. The number of hydrogen-bond acceptors (Lipinski definition) is 2. The van der Waals surface area contributed by atoms with Gasteiger partial charge < -0.3 is 5.32 Å². The van der Waals surface area contributed by atoms with E-state index < -0.39 is 0 Å². The number of nitrogens with zero attached hydrogens (tertiary/aromatic N) is 2. The van der Waals surface area contributed by atoms with E-state index in [0.29, 0.717) is 5.56 Å². The van der Waals surface area contributed by atoms with Crippen LogP contribution in [-0.2, 0) is 0 Å². The Hall–Kier alpha value is -2.88. The predicted molar refractivity (Wildman–Crippen MR) is 100.0 cm³/mol. The maximum atomic E-state index is 12.9. The van der Waals surface area contributed by atoms with Crippen molar-refractivity contribution >= 4 is 5.91 Å². The molecule has 4 heteroatoms. The van der Waals surface area contributed by atoms with Crippen molar-refractivity contribution in [3.05, 3.63) is 83.2 Å². The molecule has 3 aromatic rings. The summed E-state index contributed by atoms with van der Waals surface area (Å²) in [6, 6.07) is 19.9. The molecular formula is C21H23N3O. The van der Waals surface area contributed by atoms with Crippen LogP contribution in [0.15, 0.2) is 60.7 Å². The molecule has 1 unspecified atom stereocenters. The highest BCUT2D eigenvalue weighted by Gasteiger charge is 2.21. The number of benzene rings is 2. The number of aryl methyl sites for hydroxylation is 1. The summed E-state index contributed by atoms with van der Waals surface area (Å²) in [6.45, 7) is 5.89. The molecule has 1 atom stereocenters. The molecule has 0 aliphatic rings. The molecule has 2 aromatic carbocycles. The second-order valence-electron chi connectivity index (χ2n) is 6.14. The summed E-state index contributed by atoms with van der Waals surface area (Å²) in [4.78, 5) is 12.9. The Morgan fingerprint density at radius 2 is 1.64 bits per heavy atom. The first-order valence-electron chi connectivity index (χ1n) is 8.59. The molecule has 1 aromatic heterocycles. The van der Waals surface area contributed by atoms with Gasteiger partial charge in [-0.2, -0.15) is 5.10 Å². The number of carbonyl (C=O) groups is 1. The fourth-order valence-electron chi connectivity index (χ4n) is 3.13. The summed E-state index contributed by atoms with van der Waals surface area (Å²) in [5.74, 6) is -0.0760. The van der Waals surface area contributed by atoms with Crippen LogP contribution < -0.4 is 5.32 Å². The first-order valence-corrected chi connectivity index (χ1v) is 8.59. The summed E-state index contributed by atoms with van der Waals surface area (Å²) < 4.78 is 1.83. The third-order valence-corrected chi connectivity index (χ3v) is 4.43. The third-order valence-electron chi connectivity index (χ3n) is 4.43. The number of nitrogens with one attached hydrogen (secondary N) is 1. The van der Waals surface area contributed by atoms with Crippen LogP contribution in [0.1, 0.15) is 46.7 Å². The van der Waals surface area contributed by atoms with Crippen molar-refractivity contribution in [3.63, 3.8) is 0 Å². The van der Waals surface area contributed by atoms with E-state index in [1.54, 1.807) is 0 Å². The number of aromatic nitrogens is 2. The molecule has 25 heavy (non-hydrogen) atoms. The zero-order valence-electron chi connectivity index (χ0n) is 14.9. The van der Waals surface area contributed by atoms with E-state index in [0.717, 1.165) is 29.1 Å². The Kier molecular flexibility index (Phi) is 4.98. The van der Waals surface area contributed by atoms with Gasteiger partial charge in [-0.3, -0.25) is 4.79 Å². The van der Waals surface area contributed by atoms with Crippen molar-refractivity contribution in [2.24, 2.45) is 0 Å². The molecule has 128 valence electrons. The van der Waals surface area contributed by atoms with Crippen molar-refractivity contribution in [1.29, 1.82) is 0 Å². The van der Waals surface area contributed by atoms with Gasteiger partial charge in [-0.1, -0.05) is 55.5 Å². The second-order valence-corrected chi connectivity index (χ2v) is 6.14. The number of amides is 1. The van der Waals surface area contributed by atoms with E-state index in [-0.39, 0.29) is 11.9 Å². The Morgan fingerprint density at radius 1 is 1.04 bits per heavy atom. The summed E-state index contributed by atoms with van der Waals surface area (Å²) in [7, 11) is 0. The van der Waals surface area contributed by atoms with Crippen LogP contribution in [0.25, 0.3) is 5.69 Å². The highest BCUT2D eigenvalue weighted by Crippen LogP contribution is 2.21. The van der Waals surface area contributed by atoms with Crippen molar-refractivity contribution < 1.29 is 4.79 Å². The maximum Gasteiger partial charge on any atom is 0.255 e. The van der Waals surface area contributed by atoms with Gasteiger partial charge in [-0.15, -0.1) is 0 Å². The van der Waals surface area contributed by atoms with Crippen LogP contribution in [0.5, 0.6) is 0 Å². The fourth-order valence-corrected chi connectivity index (χ4v) is 3.13. The van der Waals surface area contributed by atoms with E-state index in [2.05, 4.69) is 17.3 Å². The van der Waals surface area contributed by atoms with Crippen molar-refractivity contribution in [2.75, 3.05) is 0 Å². The van der Waals surface area contributed by atoms with Crippen LogP contribution in [-0.4, -0.2) is 15.7 Å². The molecule has 0 saturated heterocycles. The van der Waals surface area contributed by atoms with Crippen LogP contribution in [0.3, 0.4) is 0 Å². The monoisotopic (exact) mass is 333 g/mol. The topological polar surface area (TPSA) is 46.9 Å². The Bertz CT molecular complexity index is 854. The molecule has 0 aliphatic heterocycles. The minimum atomic E-state index is -0.0760. The molecule has 0 aliphatic carbocycles. The maximum absolute atomic E-state index is 12.9. The largest absolute Gasteiger partial charge is 0.345 e. The predicted octanol–water partition coefficient (Wildman–Crippen LogP) is 4.37. The van der Waals surface area contributed by atoms with Gasteiger partial charge in [0.25, 0.3) is 5.91 Å². The smallest absolute Gasteiger partial charge is 0.255 e. The number of carbonyl (C=O) groups excluding carboxylic acids is 1. The van der Waals surface area contributed by atoms with E-state index in [1.165, 1.54) is 0 Å². The lowest BCUT2D eigenvalue weighted by Crippen LogP contribution is -2.29. The standard InChI is InChI=1S/C21H23N3O/c1-4-19(17-11-7-5-8-12-17)22-21(25)20-15(2)23-24(16(20)3)18-13-9-6-10-14-18/h5-14,19H,4H2,1-3H3,(H,22,25). The van der Waals surface area contributed by atoms with Crippen LogP contribution in [0.4, 0.5) is 0 Å². The third kappa shape index (κ3) is 3.48. The van der Waals surface area contributed by atoms with E-state index >= 15 is 0 Å². The molecule has 1 amide bonds.